The van der Waals surface area contributed by atoms with Crippen molar-refractivity contribution in [2.24, 2.45) is 0 Å². The van der Waals surface area contributed by atoms with Crippen molar-refractivity contribution in [2.45, 2.75) is 19.9 Å². The highest BCUT2D eigenvalue weighted by atomic mass is 32.1. The first-order valence-corrected chi connectivity index (χ1v) is 7.47. The minimum absolute atomic E-state index is 0.868. The minimum Gasteiger partial charge on any atom is -0.461 e. The largest absolute Gasteiger partial charge is 0.461 e. The van der Waals surface area contributed by atoms with Gasteiger partial charge >= 0.3 is 0 Å². The summed E-state index contributed by atoms with van der Waals surface area (Å²) in [6.45, 7) is 3.90. The Kier molecular flexibility index (Phi) is 3.67. The minimum atomic E-state index is 0.868. The molecule has 3 rings (SSSR count). The van der Waals surface area contributed by atoms with E-state index < -0.39 is 0 Å². The number of aryl methyl sites for hydroxylation is 1. The Balaban J connectivity index is 1.63. The van der Waals surface area contributed by atoms with Crippen LogP contribution in [0.5, 0.6) is 0 Å². The maximum Gasteiger partial charge on any atom is 0.134 e. The van der Waals surface area contributed by atoms with Crippen molar-refractivity contribution in [3.05, 3.63) is 58.0 Å². The van der Waals surface area contributed by atoms with Gasteiger partial charge in [-0.25, -0.2) is 0 Å². The Morgan fingerprint density at radius 2 is 2.11 bits per heavy atom. The van der Waals surface area contributed by atoms with Crippen LogP contribution < -0.4 is 5.32 Å². The summed E-state index contributed by atoms with van der Waals surface area (Å²) in [4.78, 5) is 0. The van der Waals surface area contributed by atoms with Crippen LogP contribution in [0.15, 0.2) is 45.5 Å². The second-order valence-electron chi connectivity index (χ2n) is 4.69. The summed E-state index contributed by atoms with van der Waals surface area (Å²) in [7, 11) is 0. The third-order valence-corrected chi connectivity index (χ3v) is 4.10. The molecule has 0 aliphatic rings. The third kappa shape index (κ3) is 2.72. The van der Waals surface area contributed by atoms with Gasteiger partial charge in [-0.2, -0.15) is 11.3 Å². The van der Waals surface area contributed by atoms with Crippen LogP contribution in [0.2, 0.25) is 0 Å². The molecule has 0 saturated heterocycles. The fourth-order valence-electron chi connectivity index (χ4n) is 2.32. The molecule has 0 saturated carbocycles. The van der Waals surface area contributed by atoms with Gasteiger partial charge in [0.25, 0.3) is 0 Å². The topological polar surface area (TPSA) is 25.2 Å². The van der Waals surface area contributed by atoms with Crippen molar-refractivity contribution < 1.29 is 4.42 Å². The number of furan rings is 1. The van der Waals surface area contributed by atoms with Crippen LogP contribution in [0, 0.1) is 6.92 Å². The molecule has 0 aliphatic carbocycles. The van der Waals surface area contributed by atoms with E-state index in [-0.39, 0.29) is 0 Å². The van der Waals surface area contributed by atoms with E-state index in [1.54, 1.807) is 11.3 Å². The van der Waals surface area contributed by atoms with Gasteiger partial charge in [0.15, 0.2) is 0 Å². The second-order valence-corrected chi connectivity index (χ2v) is 5.47. The molecule has 0 aliphatic heterocycles. The standard InChI is InChI=1S/C16H17NOS/c1-12-15(14-4-2-3-5-16(14)18-12)10-17-8-6-13-7-9-19-11-13/h2-5,7,9,11,17H,6,8,10H2,1H3. The fraction of sp³-hybridized carbons (Fsp3) is 0.250. The zero-order chi connectivity index (χ0) is 13.1. The first-order valence-electron chi connectivity index (χ1n) is 6.53. The number of fused-ring (bicyclic) bond motifs is 1. The van der Waals surface area contributed by atoms with Crippen molar-refractivity contribution in [1.29, 1.82) is 0 Å². The lowest BCUT2D eigenvalue weighted by molar-refractivity contribution is 0.565. The lowest BCUT2D eigenvalue weighted by Gasteiger charge is -2.03. The van der Waals surface area contributed by atoms with E-state index in [4.69, 9.17) is 4.42 Å². The van der Waals surface area contributed by atoms with E-state index in [1.807, 2.05) is 19.1 Å². The number of thiophene rings is 1. The highest BCUT2D eigenvalue weighted by molar-refractivity contribution is 7.07. The average Bonchev–Trinajstić information content (AvgIpc) is 3.02. The molecule has 2 heterocycles. The lowest BCUT2D eigenvalue weighted by Crippen LogP contribution is -2.16. The zero-order valence-corrected chi connectivity index (χ0v) is 11.8. The summed E-state index contributed by atoms with van der Waals surface area (Å²) in [5, 5.41) is 9.07. The van der Waals surface area contributed by atoms with E-state index in [0.717, 1.165) is 30.9 Å². The maximum atomic E-state index is 5.76. The molecule has 0 atom stereocenters. The van der Waals surface area contributed by atoms with Crippen LogP contribution in [0.4, 0.5) is 0 Å². The molecule has 0 unspecified atom stereocenters. The average molecular weight is 271 g/mol. The molecular weight excluding hydrogens is 254 g/mol. The van der Waals surface area contributed by atoms with E-state index >= 15 is 0 Å². The number of para-hydroxylation sites is 1. The molecular formula is C16H17NOS. The van der Waals surface area contributed by atoms with E-state index in [0.29, 0.717) is 0 Å². The Hall–Kier alpha value is -1.58. The smallest absolute Gasteiger partial charge is 0.134 e. The number of hydrogen-bond acceptors (Lipinski definition) is 3. The SMILES string of the molecule is Cc1oc2ccccc2c1CNCCc1ccsc1. The first-order chi connectivity index (χ1) is 9.34. The van der Waals surface area contributed by atoms with E-state index in [2.05, 4.69) is 34.3 Å². The van der Waals surface area contributed by atoms with Crippen LogP contribution in [0.25, 0.3) is 11.0 Å². The molecule has 3 heteroatoms. The third-order valence-electron chi connectivity index (χ3n) is 3.37. The van der Waals surface area contributed by atoms with E-state index in [1.165, 1.54) is 16.5 Å². The quantitative estimate of drug-likeness (QED) is 0.706. The van der Waals surface area contributed by atoms with Crippen molar-refractivity contribution in [1.82, 2.24) is 5.32 Å². The van der Waals surface area contributed by atoms with Crippen LogP contribution in [0.1, 0.15) is 16.9 Å². The predicted octanol–water partition coefficient (Wildman–Crippen LogP) is 4.14. The normalized spacial score (nSPS) is 11.2. The highest BCUT2D eigenvalue weighted by Crippen LogP contribution is 2.24. The summed E-state index contributed by atoms with van der Waals surface area (Å²) in [5.41, 5.74) is 3.67. The van der Waals surface area contributed by atoms with Gasteiger partial charge in [0.1, 0.15) is 11.3 Å². The van der Waals surface area contributed by atoms with Crippen LogP contribution in [-0.4, -0.2) is 6.54 Å². The van der Waals surface area contributed by atoms with Gasteiger partial charge < -0.3 is 9.73 Å². The molecule has 98 valence electrons. The Labute approximate surface area is 117 Å². The molecule has 0 amide bonds. The summed E-state index contributed by atoms with van der Waals surface area (Å²) >= 11 is 1.76. The van der Waals surface area contributed by atoms with Gasteiger partial charge in [-0.3, -0.25) is 0 Å². The number of benzene rings is 1. The van der Waals surface area contributed by atoms with Gasteiger partial charge in [-0.1, -0.05) is 18.2 Å². The fourth-order valence-corrected chi connectivity index (χ4v) is 3.02. The van der Waals surface area contributed by atoms with E-state index in [9.17, 15) is 0 Å². The van der Waals surface area contributed by atoms with Crippen molar-refractivity contribution in [3.63, 3.8) is 0 Å². The number of hydrogen-bond donors (Lipinski definition) is 1. The van der Waals surface area contributed by atoms with Gasteiger partial charge in [0, 0.05) is 17.5 Å². The number of rotatable bonds is 5. The van der Waals surface area contributed by atoms with Gasteiger partial charge in [-0.05, 0) is 48.3 Å². The lowest BCUT2D eigenvalue weighted by atomic mass is 10.1. The van der Waals surface area contributed by atoms with Gasteiger partial charge in [-0.15, -0.1) is 0 Å². The molecule has 2 nitrogen and oxygen atoms in total. The molecule has 0 spiro atoms. The molecule has 0 bridgehead atoms. The summed E-state index contributed by atoms with van der Waals surface area (Å²) in [6.07, 6.45) is 1.08. The Morgan fingerprint density at radius 1 is 1.21 bits per heavy atom. The summed E-state index contributed by atoms with van der Waals surface area (Å²) in [5.74, 6) is 1.02. The highest BCUT2D eigenvalue weighted by Gasteiger charge is 2.09. The van der Waals surface area contributed by atoms with Crippen LogP contribution >= 0.6 is 11.3 Å². The predicted molar refractivity (Wildman–Crippen MR) is 80.7 cm³/mol. The van der Waals surface area contributed by atoms with Gasteiger partial charge in [0.05, 0.1) is 0 Å². The Bertz CT molecular complexity index is 655. The Morgan fingerprint density at radius 3 is 2.95 bits per heavy atom. The van der Waals surface area contributed by atoms with Crippen molar-refractivity contribution >= 4 is 22.3 Å². The molecule has 0 fully saturated rings. The number of nitrogens with one attached hydrogen (secondary N) is 1. The first kappa shape index (κ1) is 12.5. The molecule has 1 aromatic carbocycles. The maximum absolute atomic E-state index is 5.76. The second kappa shape index (κ2) is 5.59. The molecule has 19 heavy (non-hydrogen) atoms. The molecule has 1 N–H and O–H groups in total. The summed E-state index contributed by atoms with van der Waals surface area (Å²) in [6, 6.07) is 10.4. The molecule has 2 aromatic heterocycles. The molecule has 0 radical (unpaired) electrons. The van der Waals surface area contributed by atoms with Crippen molar-refractivity contribution in [3.8, 4) is 0 Å². The van der Waals surface area contributed by atoms with Crippen LogP contribution in [-0.2, 0) is 13.0 Å². The van der Waals surface area contributed by atoms with Gasteiger partial charge in [0.2, 0.25) is 0 Å². The van der Waals surface area contributed by atoms with Crippen molar-refractivity contribution in [2.75, 3.05) is 6.54 Å². The summed E-state index contributed by atoms with van der Waals surface area (Å²) < 4.78 is 5.76. The zero-order valence-electron chi connectivity index (χ0n) is 11.0. The monoisotopic (exact) mass is 271 g/mol. The molecule has 3 aromatic rings. The van der Waals surface area contributed by atoms with Crippen LogP contribution in [0.3, 0.4) is 0 Å².